The Morgan fingerprint density at radius 2 is 1.90 bits per heavy atom. The van der Waals surface area contributed by atoms with Crippen molar-refractivity contribution in [2.75, 3.05) is 13.1 Å². The van der Waals surface area contributed by atoms with E-state index in [-0.39, 0.29) is 17.4 Å². The molecule has 0 spiro atoms. The average molecular weight is 295 g/mol. The number of amides is 1. The Balaban J connectivity index is 2.13. The zero-order chi connectivity index (χ0) is 15.8. The van der Waals surface area contributed by atoms with Crippen molar-refractivity contribution in [3.8, 4) is 0 Å². The maximum atomic E-state index is 12.4. The highest BCUT2D eigenvalue weighted by molar-refractivity contribution is 5.93. The number of hydrogen-bond acceptors (Lipinski definition) is 4. The van der Waals surface area contributed by atoms with E-state index in [1.165, 1.54) is 23.7 Å². The molecule has 1 aliphatic rings. The van der Waals surface area contributed by atoms with Gasteiger partial charge in [0, 0.05) is 19.2 Å². The zero-order valence-electron chi connectivity index (χ0n) is 11.9. The third kappa shape index (κ3) is 2.61. The molecule has 1 aromatic heterocycles. The van der Waals surface area contributed by atoms with Crippen LogP contribution in [0.15, 0.2) is 12.1 Å². The molecule has 1 amide bonds. The van der Waals surface area contributed by atoms with Crippen molar-refractivity contribution >= 4 is 17.7 Å². The molecule has 114 valence electrons. The number of carboxylic acid groups (broad SMARTS) is 1. The van der Waals surface area contributed by atoms with Crippen LogP contribution in [0, 0.1) is 15.5 Å². The molecule has 1 aromatic rings. The fourth-order valence-corrected chi connectivity index (χ4v) is 2.48. The van der Waals surface area contributed by atoms with Crippen molar-refractivity contribution < 1.29 is 19.6 Å². The van der Waals surface area contributed by atoms with Crippen molar-refractivity contribution in [1.82, 2.24) is 9.47 Å². The van der Waals surface area contributed by atoms with Gasteiger partial charge >= 0.3 is 11.8 Å². The number of likely N-dealkylation sites (tertiary alicyclic amines) is 1. The highest BCUT2D eigenvalue weighted by atomic mass is 16.6. The van der Waals surface area contributed by atoms with E-state index in [9.17, 15) is 19.7 Å². The van der Waals surface area contributed by atoms with Crippen LogP contribution >= 0.6 is 0 Å². The molecule has 1 aliphatic heterocycles. The summed E-state index contributed by atoms with van der Waals surface area (Å²) in [5.41, 5.74) is -0.572. The molecule has 0 aromatic carbocycles. The number of carbonyl (C=O) groups excluding carboxylic acids is 1. The van der Waals surface area contributed by atoms with Crippen LogP contribution in [0.4, 0.5) is 5.82 Å². The number of aliphatic carboxylic acids is 1. The van der Waals surface area contributed by atoms with Gasteiger partial charge in [-0.1, -0.05) is 0 Å². The van der Waals surface area contributed by atoms with Crippen LogP contribution in [0.5, 0.6) is 0 Å². The monoisotopic (exact) mass is 295 g/mol. The van der Waals surface area contributed by atoms with Crippen LogP contribution in [0.25, 0.3) is 0 Å². The van der Waals surface area contributed by atoms with Crippen LogP contribution in [0.3, 0.4) is 0 Å². The second kappa shape index (κ2) is 5.19. The summed E-state index contributed by atoms with van der Waals surface area (Å²) in [6.07, 6.45) is 0.751. The predicted molar refractivity (Wildman–Crippen MR) is 72.9 cm³/mol. The first-order chi connectivity index (χ1) is 9.76. The van der Waals surface area contributed by atoms with E-state index in [1.54, 1.807) is 11.8 Å². The second-order valence-electron chi connectivity index (χ2n) is 5.55. The Bertz CT molecular complexity index is 599. The van der Waals surface area contributed by atoms with Gasteiger partial charge in [-0.25, -0.2) is 4.57 Å². The van der Waals surface area contributed by atoms with E-state index in [1.807, 2.05) is 0 Å². The van der Waals surface area contributed by atoms with Crippen LogP contribution in [-0.2, 0) is 11.8 Å². The molecular weight excluding hydrogens is 278 g/mol. The summed E-state index contributed by atoms with van der Waals surface area (Å²) in [6, 6.07) is 2.71. The molecule has 0 bridgehead atoms. The summed E-state index contributed by atoms with van der Waals surface area (Å²) in [7, 11) is 1.47. The van der Waals surface area contributed by atoms with E-state index >= 15 is 0 Å². The molecule has 2 rings (SSSR count). The predicted octanol–water partition coefficient (Wildman–Crippen LogP) is 1.26. The molecule has 1 fully saturated rings. The Labute approximate surface area is 121 Å². The van der Waals surface area contributed by atoms with Crippen LogP contribution < -0.4 is 0 Å². The number of piperidine rings is 1. The van der Waals surface area contributed by atoms with Crippen LogP contribution in [0.1, 0.15) is 30.3 Å². The molecule has 8 heteroatoms. The Kier molecular flexibility index (Phi) is 3.71. The van der Waals surface area contributed by atoms with Gasteiger partial charge in [-0.2, -0.15) is 0 Å². The fraction of sp³-hybridized carbons (Fsp3) is 0.538. The molecule has 0 radical (unpaired) electrons. The van der Waals surface area contributed by atoms with E-state index in [4.69, 9.17) is 5.11 Å². The maximum Gasteiger partial charge on any atom is 0.323 e. The van der Waals surface area contributed by atoms with Gasteiger partial charge in [0.2, 0.25) is 0 Å². The van der Waals surface area contributed by atoms with Gasteiger partial charge in [-0.05, 0) is 30.8 Å². The first kappa shape index (κ1) is 15.0. The zero-order valence-corrected chi connectivity index (χ0v) is 11.9. The third-order valence-corrected chi connectivity index (χ3v) is 4.17. The standard InChI is InChI=1S/C13H17N3O5/c1-13(12(18)19)5-7-15(8-6-13)11(17)9-3-4-10(14(9)2)16(20)21/h3-4H,5-8H2,1-2H3,(H,18,19). The molecule has 0 saturated carbocycles. The Morgan fingerprint density at radius 3 is 2.33 bits per heavy atom. The molecule has 1 N–H and O–H groups in total. The highest BCUT2D eigenvalue weighted by Crippen LogP contribution is 2.31. The van der Waals surface area contributed by atoms with Gasteiger partial charge < -0.3 is 20.1 Å². The summed E-state index contributed by atoms with van der Waals surface area (Å²) in [5, 5.41) is 20.0. The maximum absolute atomic E-state index is 12.4. The van der Waals surface area contributed by atoms with Crippen molar-refractivity contribution in [2.45, 2.75) is 19.8 Å². The highest BCUT2D eigenvalue weighted by Gasteiger charge is 2.39. The van der Waals surface area contributed by atoms with Crippen molar-refractivity contribution in [3.63, 3.8) is 0 Å². The number of aromatic nitrogens is 1. The summed E-state index contributed by atoms with van der Waals surface area (Å²) < 4.78 is 1.24. The first-order valence-electron chi connectivity index (χ1n) is 6.59. The number of nitro groups is 1. The number of carbonyl (C=O) groups is 2. The molecule has 1 saturated heterocycles. The largest absolute Gasteiger partial charge is 0.481 e. The van der Waals surface area contributed by atoms with Crippen LogP contribution in [0.2, 0.25) is 0 Å². The molecule has 21 heavy (non-hydrogen) atoms. The molecule has 0 atom stereocenters. The smallest absolute Gasteiger partial charge is 0.323 e. The third-order valence-electron chi connectivity index (χ3n) is 4.17. The lowest BCUT2D eigenvalue weighted by Crippen LogP contribution is -2.45. The Morgan fingerprint density at radius 1 is 1.33 bits per heavy atom. The Hall–Kier alpha value is -2.38. The molecule has 0 aliphatic carbocycles. The topological polar surface area (TPSA) is 106 Å². The lowest BCUT2D eigenvalue weighted by Gasteiger charge is -2.36. The summed E-state index contributed by atoms with van der Waals surface area (Å²) >= 11 is 0. The van der Waals surface area contributed by atoms with Gasteiger partial charge in [0.1, 0.15) is 0 Å². The molecule has 0 unspecified atom stereocenters. The van der Waals surface area contributed by atoms with Gasteiger partial charge in [0.05, 0.1) is 12.5 Å². The molecular formula is C13H17N3O5. The quantitative estimate of drug-likeness (QED) is 0.667. The normalized spacial score (nSPS) is 17.5. The SMILES string of the molecule is Cn1c(C(=O)N2CCC(C)(C(=O)O)CC2)ccc1[N+](=O)[O-]. The molecule has 8 nitrogen and oxygen atoms in total. The van der Waals surface area contributed by atoms with E-state index in [0.717, 1.165) is 0 Å². The van der Waals surface area contributed by atoms with Crippen LogP contribution in [-0.4, -0.2) is 44.5 Å². The lowest BCUT2D eigenvalue weighted by atomic mass is 9.80. The molecule has 2 heterocycles. The number of rotatable bonds is 3. The van der Waals surface area contributed by atoms with E-state index in [2.05, 4.69) is 0 Å². The number of hydrogen-bond donors (Lipinski definition) is 1. The fourth-order valence-electron chi connectivity index (χ4n) is 2.48. The van der Waals surface area contributed by atoms with Gasteiger partial charge in [-0.3, -0.25) is 9.59 Å². The summed E-state index contributed by atoms with van der Waals surface area (Å²) in [6.45, 7) is 2.34. The van der Waals surface area contributed by atoms with Gasteiger partial charge in [-0.15, -0.1) is 0 Å². The van der Waals surface area contributed by atoms with Gasteiger partial charge in [0.15, 0.2) is 5.69 Å². The summed E-state index contributed by atoms with van der Waals surface area (Å²) in [4.78, 5) is 35.3. The minimum atomic E-state index is -0.857. The number of nitrogens with zero attached hydrogens (tertiary/aromatic N) is 3. The van der Waals surface area contributed by atoms with Crippen molar-refractivity contribution in [3.05, 3.63) is 27.9 Å². The lowest BCUT2D eigenvalue weighted by molar-refractivity contribution is -0.391. The number of carboxylic acids is 1. The minimum absolute atomic E-state index is 0.147. The van der Waals surface area contributed by atoms with Gasteiger partial charge in [0.25, 0.3) is 5.91 Å². The first-order valence-corrected chi connectivity index (χ1v) is 6.59. The minimum Gasteiger partial charge on any atom is -0.481 e. The van der Waals surface area contributed by atoms with E-state index in [0.29, 0.717) is 25.9 Å². The van der Waals surface area contributed by atoms with Crippen molar-refractivity contribution in [2.24, 2.45) is 12.5 Å². The van der Waals surface area contributed by atoms with E-state index < -0.39 is 16.3 Å². The van der Waals surface area contributed by atoms with Crippen molar-refractivity contribution in [1.29, 1.82) is 0 Å². The second-order valence-corrected chi connectivity index (χ2v) is 5.55. The average Bonchev–Trinajstić information content (AvgIpc) is 2.80. The summed E-state index contributed by atoms with van der Waals surface area (Å²) in [5.74, 6) is -1.31.